The van der Waals surface area contributed by atoms with Crippen LogP contribution >= 0.6 is 11.6 Å². The standard InChI is InChI=1S/C33H49N5O3.C31H45N5O3.C23H30ClN3O.C10H20N2O2.Na.H2O/c1-2-41-33(40)24-16-19-36(20-17-24)21-18-34-31-32(39)38(30-13-9-8-12-29(30)35-31)28-22-26-14-15-27(23-28)37(26)25-10-6-4-3-5-7-11-25;37-30-29(32-16-19-34-17-14-22(15-18-34)31(38)39)33-27-10-6-7-11-28(27)36(30)26-20-24-12-13-25(21-26)35(24)23-8-4-2-1-3-5-9-23;24-22-23(28)27(21-11-7-6-10-20(21)25-22)19-14-17-12-13-18(15-19)26(17)16-8-4-2-1-3-5-9-16;1-2-14-10(13)9-3-6-12(7-4-9)8-5-11;;/h8-9,12-13,24-28H,2-7,10-11,14-23H2,1H3,(H,34,35);6-7,10-11,22-26H,1-5,8-9,12-21H2,(H,32,33)(H,38,39);6-7,10-11,16-19H,1-5,8-9,12-15H2;9H,2-8,11H2,1H3;;1H2/q;;;;+1;/p-1/t26-,27+,28?;24-,25+,26?;17-,18+,19?;;;. The van der Waals surface area contributed by atoms with Gasteiger partial charge in [-0.15, -0.1) is 0 Å². The number of piperidine rings is 6. The molecule has 0 amide bonds. The molecule has 9 atom stereocenters. The van der Waals surface area contributed by atoms with Gasteiger partial charge in [-0.3, -0.25) is 43.5 Å². The summed E-state index contributed by atoms with van der Waals surface area (Å²) in [5, 5.41) is 16.1. The van der Waals surface area contributed by atoms with Crippen molar-refractivity contribution in [2.75, 3.05) is 102 Å². The number of ether oxygens (including phenoxy) is 2. The van der Waals surface area contributed by atoms with Crippen molar-refractivity contribution in [1.82, 2.24) is 58.1 Å². The van der Waals surface area contributed by atoms with E-state index in [0.717, 1.165) is 174 Å². The van der Waals surface area contributed by atoms with Crippen LogP contribution in [0.4, 0.5) is 11.6 Å². The zero-order valence-corrected chi connectivity index (χ0v) is 77.8. The molecule has 12 fully saturated rings. The van der Waals surface area contributed by atoms with Crippen molar-refractivity contribution >= 4 is 74.2 Å². The zero-order chi connectivity index (χ0) is 84.4. The molecular weight excluding hydrogens is 1590 g/mol. The number of nitrogens with two attached hydrogens (primary N) is 1. The molecule has 12 aliphatic rings. The SMILES string of the molecule is CCOC(=O)C1CCN(CCN)CC1.CCOC(=O)C1CCN(CCNc2nc3ccccc3n(C3C[C@H]4CC[C@@H](C3)N4C3CCCCCCC3)c2=O)CC1.O=C(O)C1CCN(CCNc2nc3ccccc3n(C3C[C@H]4CC[C@@H](C3)N4C3CCCCCCC3)c2=O)CC1.O=c1c(Cl)nc2ccccc2n1C1C[C@H]2CC[C@@H](C1)N2C1CCCCCCC1.[Na+].[OH-]. The van der Waals surface area contributed by atoms with E-state index in [2.05, 4.69) is 66.3 Å². The van der Waals surface area contributed by atoms with Crippen molar-refractivity contribution in [3.05, 3.63) is 109 Å². The number of nitrogens with one attached hydrogen (secondary N) is 2. The van der Waals surface area contributed by atoms with Gasteiger partial charge in [-0.2, -0.15) is 0 Å². The molecule has 6 N–H and O–H groups in total. The summed E-state index contributed by atoms with van der Waals surface area (Å²) < 4.78 is 16.3. The van der Waals surface area contributed by atoms with Crippen molar-refractivity contribution in [2.45, 2.75) is 337 Å². The van der Waals surface area contributed by atoms with E-state index in [1.807, 2.05) is 79.1 Å². The maximum atomic E-state index is 14.0. The minimum Gasteiger partial charge on any atom is -0.870 e. The number of hydrogen-bond acceptors (Lipinski definition) is 21. The number of halogens is 1. The van der Waals surface area contributed by atoms with Crippen LogP contribution in [0.25, 0.3) is 33.1 Å². The van der Waals surface area contributed by atoms with Gasteiger partial charge in [0.25, 0.3) is 16.7 Å². The van der Waals surface area contributed by atoms with E-state index in [1.165, 1.54) is 173 Å². The van der Waals surface area contributed by atoms with Crippen LogP contribution in [0.2, 0.25) is 5.15 Å². The molecule has 18 rings (SSSR count). The fourth-order valence-electron chi connectivity index (χ4n) is 24.5. The van der Waals surface area contributed by atoms with E-state index in [1.54, 1.807) is 0 Å². The minimum absolute atomic E-state index is 0. The van der Waals surface area contributed by atoms with Gasteiger partial charge in [-0.05, 0) is 244 Å². The van der Waals surface area contributed by atoms with Crippen LogP contribution in [-0.4, -0.2) is 233 Å². The third-order valence-electron chi connectivity index (χ3n) is 30.5. The molecule has 6 bridgehead atoms. The van der Waals surface area contributed by atoms with E-state index >= 15 is 0 Å². The Morgan fingerprint density at radius 3 is 0.976 bits per heavy atom. The van der Waals surface area contributed by atoms with E-state index in [0.29, 0.717) is 93.6 Å². The summed E-state index contributed by atoms with van der Waals surface area (Å²) in [5.41, 5.74) is 10.8. The first-order valence-electron chi connectivity index (χ1n) is 48.6. The second kappa shape index (κ2) is 47.1. The molecule has 676 valence electrons. The summed E-state index contributed by atoms with van der Waals surface area (Å²) in [6.07, 6.45) is 47.8. The van der Waals surface area contributed by atoms with Gasteiger partial charge in [0.05, 0.1) is 64.1 Å². The summed E-state index contributed by atoms with van der Waals surface area (Å²) in [6.45, 7) is 14.5. The number of para-hydroxylation sites is 6. The Balaban J connectivity index is 0.000000149. The van der Waals surface area contributed by atoms with Gasteiger partial charge in [0, 0.05) is 112 Å². The third-order valence-corrected chi connectivity index (χ3v) is 30.7. The Labute approximate surface area is 762 Å². The number of hydrogen-bond donors (Lipinski definition) is 4. The summed E-state index contributed by atoms with van der Waals surface area (Å²) in [5.74, 6) is 0.0557. The van der Waals surface area contributed by atoms with E-state index < -0.39 is 5.97 Å². The molecule has 3 aromatic carbocycles. The number of benzene rings is 3. The first-order valence-corrected chi connectivity index (χ1v) is 49.0. The molecular formula is C97H145ClN15NaO10. The molecule has 3 unspecified atom stereocenters. The zero-order valence-electron chi connectivity index (χ0n) is 75.0. The Kier molecular flexibility index (Phi) is 36.3. The average Bonchev–Trinajstić information content (AvgIpc) is 1.65. The van der Waals surface area contributed by atoms with Gasteiger partial charge in [-0.1, -0.05) is 144 Å². The van der Waals surface area contributed by atoms with E-state index in [-0.39, 0.29) is 105 Å². The Hall–Kier alpha value is -5.94. The van der Waals surface area contributed by atoms with Crippen LogP contribution in [0.5, 0.6) is 0 Å². The predicted molar refractivity (Wildman–Crippen MR) is 488 cm³/mol. The van der Waals surface area contributed by atoms with Gasteiger partial charge in [-0.25, -0.2) is 15.0 Å². The molecule has 12 heterocycles. The molecule has 9 aliphatic heterocycles. The molecule has 3 aromatic heterocycles. The number of carboxylic acids is 1. The number of aliphatic carboxylic acids is 1. The number of likely N-dealkylation sites (tertiary alicyclic amines) is 3. The van der Waals surface area contributed by atoms with E-state index in [4.69, 9.17) is 36.8 Å². The van der Waals surface area contributed by atoms with Crippen molar-refractivity contribution in [2.24, 2.45) is 23.5 Å². The molecule has 3 aliphatic carbocycles. The Morgan fingerprint density at radius 1 is 0.387 bits per heavy atom. The third kappa shape index (κ3) is 23.6. The van der Waals surface area contributed by atoms with Crippen molar-refractivity contribution in [1.29, 1.82) is 0 Å². The largest absolute Gasteiger partial charge is 1.00 e. The molecule has 0 spiro atoms. The van der Waals surface area contributed by atoms with Crippen LogP contribution < -0.4 is 62.6 Å². The Morgan fingerprint density at radius 2 is 0.669 bits per heavy atom. The molecule has 6 aromatic rings. The number of aromatic nitrogens is 6. The number of esters is 2. The predicted octanol–water partition coefficient (Wildman–Crippen LogP) is 12.6. The molecule has 9 saturated heterocycles. The maximum absolute atomic E-state index is 14.0. The fraction of sp³-hybridized carbons (Fsp3) is 0.722. The van der Waals surface area contributed by atoms with Crippen LogP contribution in [0.15, 0.2) is 87.2 Å². The molecule has 27 heteroatoms. The number of anilines is 2. The van der Waals surface area contributed by atoms with Crippen LogP contribution in [-0.2, 0) is 23.9 Å². The van der Waals surface area contributed by atoms with Crippen molar-refractivity contribution < 1.29 is 64.0 Å². The number of fused-ring (bicyclic) bond motifs is 9. The minimum atomic E-state index is -0.683. The second-order valence-corrected chi connectivity index (χ2v) is 38.4. The van der Waals surface area contributed by atoms with Crippen LogP contribution in [0, 0.1) is 17.8 Å². The summed E-state index contributed by atoms with van der Waals surface area (Å²) >= 11 is 6.23. The summed E-state index contributed by atoms with van der Waals surface area (Å²) in [6, 6.07) is 30.7. The number of carbonyl (C=O) groups excluding carboxylic acids is 2. The summed E-state index contributed by atoms with van der Waals surface area (Å²) in [4.78, 5) is 105. The Bertz CT molecular complexity index is 4520. The normalized spacial score (nSPS) is 26.6. The topological polar surface area (TPSA) is 294 Å². The van der Waals surface area contributed by atoms with Crippen molar-refractivity contribution in [3.63, 3.8) is 0 Å². The van der Waals surface area contributed by atoms with E-state index in [9.17, 15) is 33.9 Å². The fourth-order valence-corrected chi connectivity index (χ4v) is 24.7. The maximum Gasteiger partial charge on any atom is 1.00 e. The average molecular weight is 1740 g/mol. The number of carboxylic acid groups (broad SMARTS) is 1. The summed E-state index contributed by atoms with van der Waals surface area (Å²) in [7, 11) is 0. The second-order valence-electron chi connectivity index (χ2n) is 38.0. The van der Waals surface area contributed by atoms with Crippen LogP contribution in [0.3, 0.4) is 0 Å². The quantitative estimate of drug-likeness (QED) is 0.0384. The first-order chi connectivity index (χ1) is 59.7. The number of nitrogens with zero attached hydrogens (tertiary/aromatic N) is 12. The van der Waals surface area contributed by atoms with Gasteiger partial charge < -0.3 is 64.8 Å². The van der Waals surface area contributed by atoms with Crippen LogP contribution in [0.1, 0.15) is 282 Å². The van der Waals surface area contributed by atoms with Gasteiger partial charge in [0.15, 0.2) is 16.8 Å². The van der Waals surface area contributed by atoms with Crippen molar-refractivity contribution in [3.8, 4) is 0 Å². The van der Waals surface area contributed by atoms with Gasteiger partial charge >= 0.3 is 47.5 Å². The molecule has 124 heavy (non-hydrogen) atoms. The monoisotopic (exact) mass is 1740 g/mol. The van der Waals surface area contributed by atoms with Gasteiger partial charge in [0.1, 0.15) is 0 Å². The molecule has 3 saturated carbocycles. The van der Waals surface area contributed by atoms with Gasteiger partial charge in [0.2, 0.25) is 0 Å². The first kappa shape index (κ1) is 95.6. The smallest absolute Gasteiger partial charge is 0.870 e. The number of rotatable bonds is 21. The molecule has 25 nitrogen and oxygen atoms in total. The number of carbonyl (C=O) groups is 3. The molecule has 0 radical (unpaired) electrons.